The van der Waals surface area contributed by atoms with Crippen molar-refractivity contribution < 1.29 is 14.7 Å². The molecule has 4 aliphatic carbocycles. The minimum absolute atomic E-state index is 0.145. The van der Waals surface area contributed by atoms with Crippen LogP contribution in [0.4, 0.5) is 0 Å². The van der Waals surface area contributed by atoms with Crippen molar-refractivity contribution in [2.45, 2.75) is 43.9 Å². The number of benzene rings is 3. The molecule has 0 aliphatic heterocycles. The molecule has 32 heavy (non-hydrogen) atoms. The van der Waals surface area contributed by atoms with E-state index in [9.17, 15) is 4.79 Å². The third kappa shape index (κ3) is 3.38. The molecule has 0 unspecified atom stereocenters. The van der Waals surface area contributed by atoms with E-state index >= 15 is 0 Å². The Morgan fingerprint density at radius 3 is 2.19 bits per heavy atom. The minimum atomic E-state index is -0.528. The van der Waals surface area contributed by atoms with Gasteiger partial charge >= 0.3 is 0 Å². The zero-order valence-electron chi connectivity index (χ0n) is 18.2. The average molecular weight is 428 g/mol. The number of ether oxygens (including phenoxy) is 1. The summed E-state index contributed by atoms with van der Waals surface area (Å²) in [5.41, 5.74) is 5.48. The maximum atomic E-state index is 11.7. The maximum Gasteiger partial charge on any atom is 0.281 e. The van der Waals surface area contributed by atoms with Crippen LogP contribution >= 0.6 is 0 Å². The molecule has 4 nitrogen and oxygen atoms in total. The van der Waals surface area contributed by atoms with Gasteiger partial charge in [0.2, 0.25) is 0 Å². The number of hydrogen-bond acceptors (Lipinski definition) is 3. The summed E-state index contributed by atoms with van der Waals surface area (Å²) in [7, 11) is 0. The van der Waals surface area contributed by atoms with Crippen LogP contribution in [-0.2, 0) is 10.2 Å². The molecule has 4 saturated carbocycles. The number of amides is 1. The summed E-state index contributed by atoms with van der Waals surface area (Å²) >= 11 is 0. The average Bonchev–Trinajstić information content (AvgIpc) is 2.81. The van der Waals surface area contributed by atoms with Crippen LogP contribution in [0.1, 0.15) is 44.1 Å². The highest BCUT2D eigenvalue weighted by atomic mass is 16.5. The quantitative estimate of drug-likeness (QED) is 0.396. The van der Waals surface area contributed by atoms with E-state index in [2.05, 4.69) is 54.6 Å². The van der Waals surface area contributed by atoms with E-state index in [0.29, 0.717) is 0 Å². The van der Waals surface area contributed by atoms with Gasteiger partial charge in [-0.2, -0.15) is 0 Å². The van der Waals surface area contributed by atoms with Crippen LogP contribution in [0.25, 0.3) is 21.9 Å². The fourth-order valence-corrected chi connectivity index (χ4v) is 7.23. The van der Waals surface area contributed by atoms with Crippen molar-refractivity contribution in [3.63, 3.8) is 0 Å². The Morgan fingerprint density at radius 1 is 0.875 bits per heavy atom. The van der Waals surface area contributed by atoms with Gasteiger partial charge in [-0.15, -0.1) is 0 Å². The smallest absolute Gasteiger partial charge is 0.281 e. The number of hydroxylamine groups is 1. The highest BCUT2D eigenvalue weighted by Crippen LogP contribution is 2.62. The lowest BCUT2D eigenvalue weighted by Crippen LogP contribution is -2.48. The fraction of sp³-hybridized carbons (Fsp3) is 0.393. The van der Waals surface area contributed by atoms with Gasteiger partial charge in [0, 0.05) is 5.56 Å². The van der Waals surface area contributed by atoms with Crippen molar-refractivity contribution in [1.82, 2.24) is 5.48 Å². The lowest BCUT2D eigenvalue weighted by atomic mass is 9.48. The second-order valence-electron chi connectivity index (χ2n) is 10.3. The lowest BCUT2D eigenvalue weighted by Gasteiger charge is -2.57. The van der Waals surface area contributed by atoms with E-state index in [1.165, 1.54) is 66.0 Å². The molecule has 4 aliphatic rings. The second kappa shape index (κ2) is 7.63. The van der Waals surface area contributed by atoms with Gasteiger partial charge in [-0.25, -0.2) is 5.48 Å². The first-order chi connectivity index (χ1) is 15.6. The van der Waals surface area contributed by atoms with Crippen LogP contribution in [0.15, 0.2) is 60.7 Å². The normalized spacial score (nSPS) is 28.1. The zero-order valence-corrected chi connectivity index (χ0v) is 18.2. The lowest BCUT2D eigenvalue weighted by molar-refractivity contribution is -0.131. The van der Waals surface area contributed by atoms with Crippen molar-refractivity contribution >= 4 is 16.7 Å². The van der Waals surface area contributed by atoms with E-state index in [4.69, 9.17) is 9.94 Å². The molecule has 4 fully saturated rings. The van der Waals surface area contributed by atoms with Crippen LogP contribution in [0.5, 0.6) is 5.75 Å². The molecule has 0 spiro atoms. The summed E-state index contributed by atoms with van der Waals surface area (Å²) in [6.07, 6.45) is 7.82. The topological polar surface area (TPSA) is 58.6 Å². The Balaban J connectivity index is 1.43. The van der Waals surface area contributed by atoms with Gasteiger partial charge in [0.15, 0.2) is 6.61 Å². The van der Waals surface area contributed by atoms with Crippen LogP contribution < -0.4 is 10.2 Å². The standard InChI is InChI=1S/C28H29NO3/c30-27(29-31)17-32-26-8-7-24(23-6-5-21-3-1-2-4-22(21)12-23)13-25(26)28-14-18-9-19(15-28)11-20(10-18)16-28/h1-8,12-13,18-20,31H,9-11,14-17H2,(H,29,30). The summed E-state index contributed by atoms with van der Waals surface area (Å²) in [4.78, 5) is 11.7. The molecule has 7 rings (SSSR count). The zero-order chi connectivity index (χ0) is 21.7. The molecule has 0 heterocycles. The summed E-state index contributed by atoms with van der Waals surface area (Å²) in [6.45, 7) is -0.175. The van der Waals surface area contributed by atoms with Crippen LogP contribution in [-0.4, -0.2) is 17.7 Å². The summed E-state index contributed by atoms with van der Waals surface area (Å²) < 4.78 is 5.97. The van der Waals surface area contributed by atoms with Crippen molar-refractivity contribution in [3.05, 3.63) is 66.2 Å². The van der Waals surface area contributed by atoms with Gasteiger partial charge in [0.05, 0.1) is 0 Å². The molecule has 0 aromatic heterocycles. The van der Waals surface area contributed by atoms with Crippen LogP contribution in [0, 0.1) is 17.8 Å². The minimum Gasteiger partial charge on any atom is -0.483 e. The Labute approximate surface area is 188 Å². The predicted octanol–water partition coefficient (Wildman–Crippen LogP) is 5.86. The predicted molar refractivity (Wildman–Crippen MR) is 125 cm³/mol. The number of carbonyl (C=O) groups excluding carboxylic acids is 1. The Bertz CT molecular complexity index is 1150. The Kier molecular flexibility index (Phi) is 4.72. The molecule has 3 aromatic carbocycles. The van der Waals surface area contributed by atoms with Gasteiger partial charge in [0.1, 0.15) is 5.75 Å². The summed E-state index contributed by atoms with van der Waals surface area (Å²) in [5, 5.41) is 11.4. The number of carbonyl (C=O) groups is 1. The number of hydrogen-bond donors (Lipinski definition) is 2. The molecule has 4 heteroatoms. The van der Waals surface area contributed by atoms with Gasteiger partial charge < -0.3 is 4.74 Å². The van der Waals surface area contributed by atoms with Crippen molar-refractivity contribution in [1.29, 1.82) is 0 Å². The van der Waals surface area contributed by atoms with Crippen molar-refractivity contribution in [2.75, 3.05) is 6.61 Å². The SMILES string of the molecule is O=C(COc1ccc(-c2ccc3ccccc3c2)cc1C12CC3CC(CC(C3)C1)C2)NO. The molecular formula is C28H29NO3. The summed E-state index contributed by atoms with van der Waals surface area (Å²) in [5.74, 6) is 2.72. The largest absolute Gasteiger partial charge is 0.483 e. The molecule has 3 aromatic rings. The third-order valence-electron chi connectivity index (χ3n) is 8.16. The van der Waals surface area contributed by atoms with E-state index < -0.39 is 5.91 Å². The van der Waals surface area contributed by atoms with Gasteiger partial charge in [0.25, 0.3) is 5.91 Å². The van der Waals surface area contributed by atoms with Gasteiger partial charge in [-0.05, 0) is 102 Å². The number of fused-ring (bicyclic) bond motifs is 1. The maximum absolute atomic E-state index is 11.7. The molecule has 1 amide bonds. The number of rotatable bonds is 5. The van der Waals surface area contributed by atoms with E-state index in [0.717, 1.165) is 23.5 Å². The molecule has 0 atom stereocenters. The monoisotopic (exact) mass is 427 g/mol. The molecule has 4 bridgehead atoms. The number of nitrogens with one attached hydrogen (secondary N) is 1. The summed E-state index contributed by atoms with van der Waals surface area (Å²) in [6, 6.07) is 21.5. The first-order valence-electron chi connectivity index (χ1n) is 11.8. The van der Waals surface area contributed by atoms with Crippen LogP contribution in [0.2, 0.25) is 0 Å². The fourth-order valence-electron chi connectivity index (χ4n) is 7.23. The third-order valence-corrected chi connectivity index (χ3v) is 8.16. The second-order valence-corrected chi connectivity index (χ2v) is 10.3. The van der Waals surface area contributed by atoms with Crippen molar-refractivity contribution in [3.8, 4) is 16.9 Å². The van der Waals surface area contributed by atoms with E-state index in [1.54, 1.807) is 5.48 Å². The first kappa shape index (κ1) is 19.8. The van der Waals surface area contributed by atoms with Crippen molar-refractivity contribution in [2.24, 2.45) is 17.8 Å². The molecule has 164 valence electrons. The van der Waals surface area contributed by atoms with Gasteiger partial charge in [-0.3, -0.25) is 10.0 Å². The highest BCUT2D eigenvalue weighted by Gasteiger charge is 2.52. The van der Waals surface area contributed by atoms with E-state index in [-0.39, 0.29) is 12.0 Å². The molecule has 0 saturated heterocycles. The van der Waals surface area contributed by atoms with Crippen LogP contribution in [0.3, 0.4) is 0 Å². The first-order valence-corrected chi connectivity index (χ1v) is 11.8. The molecular weight excluding hydrogens is 398 g/mol. The van der Waals surface area contributed by atoms with E-state index in [1.807, 2.05) is 6.07 Å². The molecule has 2 N–H and O–H groups in total. The highest BCUT2D eigenvalue weighted by molar-refractivity contribution is 5.87. The van der Waals surface area contributed by atoms with Gasteiger partial charge in [-0.1, -0.05) is 42.5 Å². The molecule has 0 radical (unpaired) electrons. The Morgan fingerprint density at radius 2 is 1.50 bits per heavy atom. The Hall–Kier alpha value is -2.85.